The maximum atomic E-state index is 12.9. The number of nitrogens with one attached hydrogen (secondary N) is 1. The van der Waals surface area contributed by atoms with Crippen LogP contribution >= 0.6 is 0 Å². The van der Waals surface area contributed by atoms with Crippen molar-refractivity contribution in [1.82, 2.24) is 15.2 Å². The van der Waals surface area contributed by atoms with Gasteiger partial charge in [-0.1, -0.05) is 30.3 Å². The van der Waals surface area contributed by atoms with Crippen LogP contribution in [0.25, 0.3) is 0 Å². The highest BCUT2D eigenvalue weighted by atomic mass is 16.2. The molecule has 1 aliphatic carbocycles. The Morgan fingerprint density at radius 2 is 1.87 bits per heavy atom. The number of aromatic nitrogens is 1. The molecule has 0 unspecified atom stereocenters. The van der Waals surface area contributed by atoms with E-state index in [1.165, 1.54) is 11.1 Å². The van der Waals surface area contributed by atoms with Crippen LogP contribution in [0.1, 0.15) is 72.8 Å². The van der Waals surface area contributed by atoms with Gasteiger partial charge in [0.25, 0.3) is 5.91 Å². The van der Waals surface area contributed by atoms with E-state index in [1.54, 1.807) is 6.07 Å². The third-order valence-corrected chi connectivity index (χ3v) is 6.61. The second kappa shape index (κ2) is 8.21. The van der Waals surface area contributed by atoms with Gasteiger partial charge in [0.15, 0.2) is 0 Å². The summed E-state index contributed by atoms with van der Waals surface area (Å²) in [7, 11) is 0. The lowest BCUT2D eigenvalue weighted by molar-refractivity contribution is -0.122. The summed E-state index contributed by atoms with van der Waals surface area (Å²) < 4.78 is 0. The summed E-state index contributed by atoms with van der Waals surface area (Å²) in [5.74, 6) is 0.397. The molecule has 2 amide bonds. The number of hydrogen-bond donors (Lipinski definition) is 1. The lowest BCUT2D eigenvalue weighted by Gasteiger charge is -2.40. The molecule has 0 radical (unpaired) electrons. The van der Waals surface area contributed by atoms with Crippen molar-refractivity contribution in [2.24, 2.45) is 0 Å². The Hall–Kier alpha value is -2.69. The van der Waals surface area contributed by atoms with Gasteiger partial charge in [-0.3, -0.25) is 9.59 Å². The summed E-state index contributed by atoms with van der Waals surface area (Å²) in [5.41, 5.74) is 4.16. The van der Waals surface area contributed by atoms with Gasteiger partial charge in [0.2, 0.25) is 5.91 Å². The maximum Gasteiger partial charge on any atom is 0.272 e. The Bertz CT molecular complexity index is 945. The molecule has 4 rings (SSSR count). The molecule has 5 heteroatoms. The smallest absolute Gasteiger partial charge is 0.272 e. The topological polar surface area (TPSA) is 62.3 Å². The molecule has 1 spiro atoms. The number of likely N-dealkylation sites (tertiary alicyclic amines) is 1. The highest BCUT2D eigenvalue weighted by Crippen LogP contribution is 2.52. The van der Waals surface area contributed by atoms with Crippen LogP contribution in [0.15, 0.2) is 42.5 Å². The van der Waals surface area contributed by atoms with Gasteiger partial charge in [0.05, 0.1) is 0 Å². The first kappa shape index (κ1) is 20.6. The Morgan fingerprint density at radius 3 is 2.57 bits per heavy atom. The van der Waals surface area contributed by atoms with E-state index in [-0.39, 0.29) is 29.2 Å². The summed E-state index contributed by atoms with van der Waals surface area (Å²) in [6.07, 6.45) is 3.39. The van der Waals surface area contributed by atoms with Crippen LogP contribution in [0.5, 0.6) is 0 Å². The van der Waals surface area contributed by atoms with Gasteiger partial charge >= 0.3 is 0 Å². The van der Waals surface area contributed by atoms with Gasteiger partial charge in [0.1, 0.15) is 5.69 Å². The number of aryl methyl sites for hydroxylation is 1. The number of nitrogens with zero attached hydrogens (tertiary/aromatic N) is 2. The molecule has 2 heterocycles. The molecule has 5 nitrogen and oxygen atoms in total. The minimum atomic E-state index is 0.0210. The first-order chi connectivity index (χ1) is 14.4. The zero-order valence-corrected chi connectivity index (χ0v) is 18.1. The van der Waals surface area contributed by atoms with Gasteiger partial charge in [-0.05, 0) is 74.6 Å². The second-order valence-electron chi connectivity index (χ2n) is 9.15. The quantitative estimate of drug-likeness (QED) is 0.837. The van der Waals surface area contributed by atoms with E-state index in [9.17, 15) is 9.59 Å². The van der Waals surface area contributed by atoms with E-state index in [0.717, 1.165) is 38.0 Å². The molecule has 0 bridgehead atoms. The molecule has 1 aromatic heterocycles. The summed E-state index contributed by atoms with van der Waals surface area (Å²) in [6, 6.07) is 14.4. The summed E-state index contributed by atoms with van der Waals surface area (Å²) in [4.78, 5) is 31.7. The molecule has 1 fully saturated rings. The fourth-order valence-corrected chi connectivity index (χ4v) is 5.25. The zero-order chi connectivity index (χ0) is 21.3. The highest BCUT2D eigenvalue weighted by Gasteiger charge is 2.46. The van der Waals surface area contributed by atoms with Gasteiger partial charge in [-0.25, -0.2) is 4.98 Å². The average molecular weight is 406 g/mol. The first-order valence-corrected chi connectivity index (χ1v) is 11.0. The Labute approximate surface area is 178 Å². The third-order valence-electron chi connectivity index (χ3n) is 6.61. The Morgan fingerprint density at radius 1 is 1.13 bits per heavy atom. The molecule has 1 saturated heterocycles. The van der Waals surface area contributed by atoms with E-state index in [2.05, 4.69) is 34.6 Å². The van der Waals surface area contributed by atoms with Gasteiger partial charge in [-0.15, -0.1) is 0 Å². The third kappa shape index (κ3) is 3.98. The fraction of sp³-hybridized carbons (Fsp3) is 0.480. The van der Waals surface area contributed by atoms with Crippen molar-refractivity contribution in [1.29, 1.82) is 0 Å². The maximum absolute atomic E-state index is 12.9. The molecule has 1 aromatic carbocycles. The van der Waals surface area contributed by atoms with Crippen molar-refractivity contribution in [3.8, 4) is 0 Å². The standard InChI is InChI=1S/C25H31N3O2/c1-17(2)26-23(29)15-19-16-25(21-9-5-4-8-20(19)21)11-13-28(14-12-25)24(30)22-10-6-7-18(3)27-22/h4-10,17,19H,11-16H2,1-3H3,(H,26,29)/t19-/m1/s1. The summed E-state index contributed by atoms with van der Waals surface area (Å²) in [5, 5.41) is 3.04. The fourth-order valence-electron chi connectivity index (χ4n) is 5.25. The lowest BCUT2D eigenvalue weighted by Crippen LogP contribution is -2.44. The highest BCUT2D eigenvalue weighted by molar-refractivity contribution is 5.92. The van der Waals surface area contributed by atoms with Crippen LogP contribution in [0.2, 0.25) is 0 Å². The number of fused-ring (bicyclic) bond motifs is 2. The second-order valence-corrected chi connectivity index (χ2v) is 9.15. The van der Waals surface area contributed by atoms with Crippen molar-refractivity contribution in [2.75, 3.05) is 13.1 Å². The van der Waals surface area contributed by atoms with Gasteiger partial charge < -0.3 is 10.2 Å². The summed E-state index contributed by atoms with van der Waals surface area (Å²) >= 11 is 0. The normalized spacial score (nSPS) is 19.7. The molecular weight excluding hydrogens is 374 g/mol. The van der Waals surface area contributed by atoms with E-state index in [1.807, 2.05) is 37.8 Å². The molecule has 2 aromatic rings. The molecule has 2 aliphatic rings. The molecular formula is C25H31N3O2. The summed E-state index contributed by atoms with van der Waals surface area (Å²) in [6.45, 7) is 7.37. The van der Waals surface area contributed by atoms with Crippen LogP contribution < -0.4 is 5.32 Å². The predicted molar refractivity (Wildman–Crippen MR) is 117 cm³/mol. The molecule has 1 aliphatic heterocycles. The van der Waals surface area contributed by atoms with E-state index in [4.69, 9.17) is 0 Å². The SMILES string of the molecule is Cc1cccc(C(=O)N2CCC3(CC2)C[C@@H](CC(=O)NC(C)C)c2ccccc23)n1. The first-order valence-electron chi connectivity index (χ1n) is 11.0. The number of pyridine rings is 1. The molecule has 0 saturated carbocycles. The number of carbonyl (C=O) groups is 2. The number of carbonyl (C=O) groups excluding carboxylic acids is 2. The minimum absolute atomic E-state index is 0.0210. The number of hydrogen-bond acceptors (Lipinski definition) is 3. The van der Waals surface area contributed by atoms with Crippen molar-refractivity contribution < 1.29 is 9.59 Å². The Kier molecular flexibility index (Phi) is 5.63. The van der Waals surface area contributed by atoms with Crippen LogP contribution in [0, 0.1) is 6.92 Å². The molecule has 30 heavy (non-hydrogen) atoms. The van der Waals surface area contributed by atoms with Gasteiger partial charge in [-0.2, -0.15) is 0 Å². The lowest BCUT2D eigenvalue weighted by atomic mass is 9.73. The molecule has 1 N–H and O–H groups in total. The van der Waals surface area contributed by atoms with Crippen molar-refractivity contribution in [3.05, 3.63) is 65.0 Å². The number of benzene rings is 1. The van der Waals surface area contributed by atoms with Gasteiger partial charge in [0, 0.05) is 31.2 Å². The van der Waals surface area contributed by atoms with Crippen molar-refractivity contribution in [3.63, 3.8) is 0 Å². The number of rotatable bonds is 4. The van der Waals surface area contributed by atoms with Crippen LogP contribution in [-0.4, -0.2) is 40.8 Å². The Balaban J connectivity index is 1.49. The average Bonchev–Trinajstić information content (AvgIpc) is 3.01. The monoisotopic (exact) mass is 405 g/mol. The largest absolute Gasteiger partial charge is 0.354 e. The zero-order valence-electron chi connectivity index (χ0n) is 18.1. The molecule has 1 atom stereocenters. The molecule has 158 valence electrons. The van der Waals surface area contributed by atoms with Crippen molar-refractivity contribution >= 4 is 11.8 Å². The van der Waals surface area contributed by atoms with E-state index < -0.39 is 0 Å². The van der Waals surface area contributed by atoms with Crippen LogP contribution in [-0.2, 0) is 10.2 Å². The predicted octanol–water partition coefficient (Wildman–Crippen LogP) is 3.97. The van der Waals surface area contributed by atoms with E-state index in [0.29, 0.717) is 12.1 Å². The van der Waals surface area contributed by atoms with Crippen molar-refractivity contribution in [2.45, 2.75) is 63.8 Å². The van der Waals surface area contributed by atoms with Crippen LogP contribution in [0.3, 0.4) is 0 Å². The van der Waals surface area contributed by atoms with E-state index >= 15 is 0 Å². The number of piperidine rings is 1. The minimum Gasteiger partial charge on any atom is -0.354 e. The van der Waals surface area contributed by atoms with Crippen LogP contribution in [0.4, 0.5) is 0 Å². The number of amides is 2.